The molecule has 0 atom stereocenters. The van der Waals surface area contributed by atoms with Crippen LogP contribution in [0.4, 0.5) is 18.9 Å². The normalized spacial score (nSPS) is 11.3. The average Bonchev–Trinajstić information content (AvgIpc) is 2.59. The number of nitrogens with one attached hydrogen (secondary N) is 1. The number of nitriles is 2. The molecule has 0 saturated carbocycles. The van der Waals surface area contributed by atoms with Crippen molar-refractivity contribution in [3.05, 3.63) is 70.8 Å². The van der Waals surface area contributed by atoms with Crippen LogP contribution >= 0.6 is 0 Å². The van der Waals surface area contributed by atoms with Crippen LogP contribution < -0.4 is 5.32 Å². The fourth-order valence-electron chi connectivity index (χ4n) is 1.94. The molecule has 2 rings (SSSR count). The van der Waals surface area contributed by atoms with Crippen molar-refractivity contribution >= 4 is 17.7 Å². The van der Waals surface area contributed by atoms with Gasteiger partial charge in [0.05, 0.1) is 17.2 Å². The summed E-state index contributed by atoms with van der Waals surface area (Å²) < 4.78 is 38.0. The van der Waals surface area contributed by atoms with Crippen LogP contribution in [-0.4, -0.2) is 5.91 Å². The van der Waals surface area contributed by atoms with Gasteiger partial charge in [0.25, 0.3) is 5.91 Å². The lowest BCUT2D eigenvalue weighted by Gasteiger charge is -2.09. The van der Waals surface area contributed by atoms with Crippen molar-refractivity contribution in [1.82, 2.24) is 0 Å². The maximum atomic E-state index is 12.7. The molecule has 25 heavy (non-hydrogen) atoms. The van der Waals surface area contributed by atoms with E-state index in [1.165, 1.54) is 24.3 Å². The number of nitrogens with zero attached hydrogens (tertiary/aromatic N) is 2. The lowest BCUT2D eigenvalue weighted by Crippen LogP contribution is -2.14. The van der Waals surface area contributed by atoms with E-state index in [0.29, 0.717) is 11.1 Å². The van der Waals surface area contributed by atoms with Gasteiger partial charge in [0.15, 0.2) is 0 Å². The van der Waals surface area contributed by atoms with Gasteiger partial charge in [0.2, 0.25) is 0 Å². The van der Waals surface area contributed by atoms with E-state index in [9.17, 15) is 18.0 Å². The lowest BCUT2D eigenvalue weighted by atomic mass is 10.1. The Hall–Kier alpha value is -3.58. The summed E-state index contributed by atoms with van der Waals surface area (Å²) in [5, 5.41) is 20.1. The second kappa shape index (κ2) is 7.33. The summed E-state index contributed by atoms with van der Waals surface area (Å²) >= 11 is 0. The van der Waals surface area contributed by atoms with Crippen LogP contribution in [0.1, 0.15) is 16.7 Å². The van der Waals surface area contributed by atoms with Crippen LogP contribution in [-0.2, 0) is 11.0 Å². The minimum absolute atomic E-state index is 0.0687. The molecule has 0 saturated heterocycles. The van der Waals surface area contributed by atoms with Crippen molar-refractivity contribution in [1.29, 1.82) is 10.5 Å². The summed E-state index contributed by atoms with van der Waals surface area (Å²) in [4.78, 5) is 12.1. The van der Waals surface area contributed by atoms with Crippen LogP contribution in [0.3, 0.4) is 0 Å². The van der Waals surface area contributed by atoms with E-state index in [0.717, 1.165) is 18.2 Å². The molecule has 0 unspecified atom stereocenters. The number of hydrogen-bond donors (Lipinski definition) is 1. The van der Waals surface area contributed by atoms with E-state index in [4.69, 9.17) is 10.5 Å². The minimum atomic E-state index is -4.53. The van der Waals surface area contributed by atoms with Gasteiger partial charge in [-0.2, -0.15) is 23.7 Å². The Bertz CT molecular complexity index is 901. The van der Waals surface area contributed by atoms with E-state index in [1.54, 1.807) is 18.2 Å². The van der Waals surface area contributed by atoms with E-state index >= 15 is 0 Å². The van der Waals surface area contributed by atoms with Crippen LogP contribution in [0.25, 0.3) is 6.08 Å². The molecular weight excluding hydrogens is 331 g/mol. The summed E-state index contributed by atoms with van der Waals surface area (Å²) in [6.07, 6.45) is -3.25. The zero-order valence-electron chi connectivity index (χ0n) is 12.6. The number of hydrogen-bond acceptors (Lipinski definition) is 3. The van der Waals surface area contributed by atoms with Crippen LogP contribution in [0.2, 0.25) is 0 Å². The number of carbonyl (C=O) groups is 1. The molecule has 0 heterocycles. The molecule has 2 aromatic rings. The van der Waals surface area contributed by atoms with Gasteiger partial charge in [-0.25, -0.2) is 0 Å². The molecular formula is C18H10F3N3O. The van der Waals surface area contributed by atoms with Gasteiger partial charge in [0.1, 0.15) is 11.6 Å². The molecule has 0 fully saturated rings. The Balaban J connectivity index is 2.22. The van der Waals surface area contributed by atoms with Gasteiger partial charge in [0, 0.05) is 5.69 Å². The van der Waals surface area contributed by atoms with Gasteiger partial charge in [-0.15, -0.1) is 0 Å². The molecule has 1 amide bonds. The highest BCUT2D eigenvalue weighted by Crippen LogP contribution is 2.30. The van der Waals surface area contributed by atoms with Crippen molar-refractivity contribution in [2.24, 2.45) is 0 Å². The molecule has 0 aromatic heterocycles. The Morgan fingerprint density at radius 2 is 1.76 bits per heavy atom. The number of benzene rings is 2. The van der Waals surface area contributed by atoms with E-state index in [2.05, 4.69) is 5.32 Å². The molecule has 0 aliphatic rings. The molecule has 2 aromatic carbocycles. The Kier molecular flexibility index (Phi) is 5.21. The molecule has 0 aliphatic carbocycles. The molecule has 0 bridgehead atoms. The summed E-state index contributed by atoms with van der Waals surface area (Å²) in [6.45, 7) is 0. The fourth-order valence-corrected chi connectivity index (χ4v) is 1.94. The summed E-state index contributed by atoms with van der Waals surface area (Å²) in [6, 6.07) is 13.9. The third kappa shape index (κ3) is 4.69. The predicted octanol–water partition coefficient (Wildman–Crippen LogP) is 4.12. The third-order valence-corrected chi connectivity index (χ3v) is 3.16. The van der Waals surface area contributed by atoms with Gasteiger partial charge in [-0.1, -0.05) is 18.2 Å². The molecule has 0 aliphatic heterocycles. The van der Waals surface area contributed by atoms with Crippen molar-refractivity contribution < 1.29 is 18.0 Å². The van der Waals surface area contributed by atoms with Gasteiger partial charge in [-0.3, -0.25) is 4.79 Å². The molecule has 7 heteroatoms. The smallest absolute Gasteiger partial charge is 0.321 e. The number of carbonyl (C=O) groups excluding carboxylic acids is 1. The Morgan fingerprint density at radius 3 is 2.32 bits per heavy atom. The van der Waals surface area contributed by atoms with Crippen molar-refractivity contribution in [3.63, 3.8) is 0 Å². The first-order chi connectivity index (χ1) is 11.8. The van der Waals surface area contributed by atoms with Crippen LogP contribution in [0.15, 0.2) is 54.1 Å². The van der Waals surface area contributed by atoms with E-state index < -0.39 is 17.6 Å². The SMILES string of the molecule is N#C/C(=C/c1ccc(C#N)cc1)C(=O)Nc1cccc(C(F)(F)F)c1. The van der Waals surface area contributed by atoms with Crippen molar-refractivity contribution in [3.8, 4) is 12.1 Å². The highest BCUT2D eigenvalue weighted by Gasteiger charge is 2.30. The Labute approximate surface area is 141 Å². The number of halogens is 3. The lowest BCUT2D eigenvalue weighted by molar-refractivity contribution is -0.137. The number of anilines is 1. The second-order valence-electron chi connectivity index (χ2n) is 4.94. The van der Waals surface area contributed by atoms with Gasteiger partial charge in [-0.05, 0) is 42.0 Å². The largest absolute Gasteiger partial charge is 0.416 e. The Morgan fingerprint density at radius 1 is 1.08 bits per heavy atom. The van der Waals surface area contributed by atoms with Crippen LogP contribution in [0, 0.1) is 22.7 Å². The van der Waals surface area contributed by atoms with Crippen molar-refractivity contribution in [2.75, 3.05) is 5.32 Å². The summed E-state index contributed by atoms with van der Waals surface area (Å²) in [5.41, 5.74) is -0.318. The first-order valence-corrected chi connectivity index (χ1v) is 6.94. The first-order valence-electron chi connectivity index (χ1n) is 6.94. The summed E-state index contributed by atoms with van der Waals surface area (Å²) in [5.74, 6) is -0.828. The van der Waals surface area contributed by atoms with E-state index in [1.807, 2.05) is 6.07 Å². The molecule has 0 spiro atoms. The van der Waals surface area contributed by atoms with Gasteiger partial charge < -0.3 is 5.32 Å². The highest BCUT2D eigenvalue weighted by molar-refractivity contribution is 6.09. The molecule has 124 valence electrons. The zero-order valence-corrected chi connectivity index (χ0v) is 12.6. The average molecular weight is 341 g/mol. The quantitative estimate of drug-likeness (QED) is 0.674. The standard InChI is InChI=1S/C18H10F3N3O/c19-18(20,21)15-2-1-3-16(9-15)24-17(25)14(11-23)8-12-4-6-13(10-22)7-5-12/h1-9H,(H,24,25)/b14-8-. The maximum absolute atomic E-state index is 12.7. The van der Waals surface area contributed by atoms with Gasteiger partial charge >= 0.3 is 6.18 Å². The molecule has 4 nitrogen and oxygen atoms in total. The number of rotatable bonds is 3. The predicted molar refractivity (Wildman–Crippen MR) is 84.8 cm³/mol. The minimum Gasteiger partial charge on any atom is -0.321 e. The molecule has 1 N–H and O–H groups in total. The molecule has 0 radical (unpaired) electrons. The maximum Gasteiger partial charge on any atom is 0.416 e. The monoisotopic (exact) mass is 341 g/mol. The number of amides is 1. The first kappa shape index (κ1) is 17.8. The van der Waals surface area contributed by atoms with Crippen molar-refractivity contribution in [2.45, 2.75) is 6.18 Å². The van der Waals surface area contributed by atoms with E-state index in [-0.39, 0.29) is 11.3 Å². The third-order valence-electron chi connectivity index (χ3n) is 3.16. The second-order valence-corrected chi connectivity index (χ2v) is 4.94. The summed E-state index contributed by atoms with van der Waals surface area (Å²) in [7, 11) is 0. The fraction of sp³-hybridized carbons (Fsp3) is 0.0556. The zero-order chi connectivity index (χ0) is 18.4. The highest BCUT2D eigenvalue weighted by atomic mass is 19.4. The topological polar surface area (TPSA) is 76.7 Å². The number of alkyl halides is 3. The van der Waals surface area contributed by atoms with Crippen LogP contribution in [0.5, 0.6) is 0 Å².